The minimum Gasteiger partial charge on any atom is -0.467 e. The first-order valence-corrected chi connectivity index (χ1v) is 10.3. The Morgan fingerprint density at radius 1 is 1.06 bits per heavy atom. The van der Waals surface area contributed by atoms with E-state index in [2.05, 4.69) is 15.4 Å². The van der Waals surface area contributed by atoms with E-state index in [1.807, 2.05) is 31.2 Å². The maximum Gasteiger partial charge on any atom is 0.261 e. The fourth-order valence-electron chi connectivity index (χ4n) is 3.75. The summed E-state index contributed by atoms with van der Waals surface area (Å²) in [6.07, 6.45) is 4.55. The number of aromatic nitrogens is 3. The Hall–Kier alpha value is -4.53. The number of carbonyl (C=O) groups is 3. The smallest absolute Gasteiger partial charge is 0.261 e. The summed E-state index contributed by atoms with van der Waals surface area (Å²) >= 11 is 0. The first-order valence-electron chi connectivity index (χ1n) is 10.3. The van der Waals surface area contributed by atoms with Crippen LogP contribution in [-0.2, 0) is 6.54 Å². The highest BCUT2D eigenvalue weighted by atomic mass is 16.3. The molecule has 0 spiro atoms. The molecule has 0 saturated heterocycles. The average molecular weight is 441 g/mol. The van der Waals surface area contributed by atoms with Crippen LogP contribution in [-0.4, -0.2) is 37.4 Å². The molecule has 9 heteroatoms. The molecule has 1 aliphatic rings. The Balaban J connectivity index is 1.30. The summed E-state index contributed by atoms with van der Waals surface area (Å²) in [5.41, 5.74) is 2.56. The number of carbonyl (C=O) groups excluding carboxylic acids is 3. The molecule has 33 heavy (non-hydrogen) atoms. The molecule has 164 valence electrons. The molecule has 1 aliphatic heterocycles. The molecule has 0 radical (unpaired) electrons. The first kappa shape index (κ1) is 20.4. The van der Waals surface area contributed by atoms with E-state index in [0.717, 1.165) is 16.2 Å². The number of rotatable bonds is 6. The molecule has 0 fully saturated rings. The molecular weight excluding hydrogens is 422 g/mol. The van der Waals surface area contributed by atoms with Gasteiger partial charge in [0, 0.05) is 5.56 Å². The quantitative estimate of drug-likeness (QED) is 0.460. The first-order chi connectivity index (χ1) is 16.0. The summed E-state index contributed by atoms with van der Waals surface area (Å²) in [6.45, 7) is 1.91. The summed E-state index contributed by atoms with van der Waals surface area (Å²) in [5.74, 6) is -0.682. The monoisotopic (exact) mass is 441 g/mol. The van der Waals surface area contributed by atoms with Crippen molar-refractivity contribution < 1.29 is 18.8 Å². The van der Waals surface area contributed by atoms with Crippen LogP contribution >= 0.6 is 0 Å². The molecular formula is C24H19N5O4. The van der Waals surface area contributed by atoms with Gasteiger partial charge in [-0.05, 0) is 55.0 Å². The molecule has 4 aromatic rings. The maximum absolute atomic E-state index is 12.8. The molecule has 1 atom stereocenters. The number of imide groups is 1. The minimum atomic E-state index is -0.446. The van der Waals surface area contributed by atoms with Crippen molar-refractivity contribution in [1.82, 2.24) is 25.0 Å². The SMILES string of the molecule is C[C@@H](NC(=O)c1ccc2c(c1)C(=O)N(Cc1ccco1)C2=O)c1ccc(-n2cncn2)cc1. The zero-order chi connectivity index (χ0) is 22.9. The third kappa shape index (κ3) is 3.80. The standard InChI is InChI=1S/C24H19N5O4/c1-15(16-4-7-18(8-5-16)29-14-25-13-26-29)27-22(30)17-6-9-20-21(11-17)24(32)28(23(20)31)12-19-3-2-10-33-19/h2-11,13-15H,12H2,1H3,(H,27,30)/t15-/m1/s1. The highest BCUT2D eigenvalue weighted by Gasteiger charge is 2.36. The number of amides is 3. The Kier molecular flexibility index (Phi) is 5.06. The lowest BCUT2D eigenvalue weighted by Crippen LogP contribution is -2.29. The van der Waals surface area contributed by atoms with Crippen molar-refractivity contribution in [3.8, 4) is 5.69 Å². The van der Waals surface area contributed by atoms with Gasteiger partial charge >= 0.3 is 0 Å². The molecule has 3 heterocycles. The fourth-order valence-corrected chi connectivity index (χ4v) is 3.75. The molecule has 0 saturated carbocycles. The molecule has 2 aromatic heterocycles. The molecule has 3 amide bonds. The summed E-state index contributed by atoms with van der Waals surface area (Å²) in [6, 6.07) is 15.2. The van der Waals surface area contributed by atoms with Crippen molar-refractivity contribution in [2.24, 2.45) is 0 Å². The molecule has 0 unspecified atom stereocenters. The number of fused-ring (bicyclic) bond motifs is 1. The van der Waals surface area contributed by atoms with Crippen molar-refractivity contribution in [1.29, 1.82) is 0 Å². The molecule has 0 aliphatic carbocycles. The third-order valence-electron chi connectivity index (χ3n) is 5.55. The van der Waals surface area contributed by atoms with E-state index in [0.29, 0.717) is 11.3 Å². The summed E-state index contributed by atoms with van der Waals surface area (Å²) < 4.78 is 6.89. The fraction of sp³-hybridized carbons (Fsp3) is 0.125. The van der Waals surface area contributed by atoms with E-state index >= 15 is 0 Å². The topological polar surface area (TPSA) is 110 Å². The van der Waals surface area contributed by atoms with Crippen LogP contribution in [0.4, 0.5) is 0 Å². The van der Waals surface area contributed by atoms with Crippen LogP contribution < -0.4 is 5.32 Å². The number of nitrogens with one attached hydrogen (secondary N) is 1. The Morgan fingerprint density at radius 2 is 1.85 bits per heavy atom. The Morgan fingerprint density at radius 3 is 2.55 bits per heavy atom. The van der Waals surface area contributed by atoms with Gasteiger partial charge in [0.15, 0.2) is 0 Å². The largest absolute Gasteiger partial charge is 0.467 e. The van der Waals surface area contributed by atoms with E-state index in [4.69, 9.17) is 4.42 Å². The molecule has 5 rings (SSSR count). The highest BCUT2D eigenvalue weighted by molar-refractivity contribution is 6.22. The van der Waals surface area contributed by atoms with Gasteiger partial charge in [0.2, 0.25) is 0 Å². The van der Waals surface area contributed by atoms with Gasteiger partial charge < -0.3 is 9.73 Å². The summed E-state index contributed by atoms with van der Waals surface area (Å²) in [5, 5.41) is 7.02. The van der Waals surface area contributed by atoms with E-state index < -0.39 is 11.8 Å². The van der Waals surface area contributed by atoms with E-state index in [1.165, 1.54) is 24.7 Å². The van der Waals surface area contributed by atoms with E-state index in [9.17, 15) is 14.4 Å². The number of hydrogen-bond acceptors (Lipinski definition) is 6. The lowest BCUT2D eigenvalue weighted by Gasteiger charge is -2.15. The zero-order valence-corrected chi connectivity index (χ0v) is 17.6. The average Bonchev–Trinajstić information content (AvgIpc) is 3.59. The molecule has 1 N–H and O–H groups in total. The van der Waals surface area contributed by atoms with Gasteiger partial charge in [-0.2, -0.15) is 5.10 Å². The Labute approximate surface area is 188 Å². The minimum absolute atomic E-state index is 0.0441. The van der Waals surface area contributed by atoms with Gasteiger partial charge in [0.05, 0.1) is 35.7 Å². The number of benzene rings is 2. The van der Waals surface area contributed by atoms with Crippen LogP contribution in [0.25, 0.3) is 5.69 Å². The Bertz CT molecular complexity index is 1330. The van der Waals surface area contributed by atoms with E-state index in [-0.39, 0.29) is 29.6 Å². The van der Waals surface area contributed by atoms with Crippen LogP contribution in [0.15, 0.2) is 77.9 Å². The maximum atomic E-state index is 12.8. The van der Waals surface area contributed by atoms with Crippen molar-refractivity contribution in [2.75, 3.05) is 0 Å². The van der Waals surface area contributed by atoms with Gasteiger partial charge in [-0.25, -0.2) is 9.67 Å². The highest BCUT2D eigenvalue weighted by Crippen LogP contribution is 2.26. The van der Waals surface area contributed by atoms with Gasteiger partial charge in [0.25, 0.3) is 17.7 Å². The van der Waals surface area contributed by atoms with Crippen LogP contribution in [0.1, 0.15) is 55.4 Å². The second kappa shape index (κ2) is 8.19. The van der Waals surface area contributed by atoms with Crippen LogP contribution in [0.3, 0.4) is 0 Å². The zero-order valence-electron chi connectivity index (χ0n) is 17.6. The van der Waals surface area contributed by atoms with Gasteiger partial charge in [-0.3, -0.25) is 19.3 Å². The number of hydrogen-bond donors (Lipinski definition) is 1. The van der Waals surface area contributed by atoms with Gasteiger partial charge in [-0.15, -0.1) is 0 Å². The number of nitrogens with zero attached hydrogens (tertiary/aromatic N) is 4. The van der Waals surface area contributed by atoms with Crippen molar-refractivity contribution >= 4 is 17.7 Å². The third-order valence-corrected chi connectivity index (χ3v) is 5.55. The molecule has 9 nitrogen and oxygen atoms in total. The van der Waals surface area contributed by atoms with Crippen LogP contribution in [0, 0.1) is 0 Å². The number of furan rings is 1. The normalized spacial score (nSPS) is 13.8. The lowest BCUT2D eigenvalue weighted by molar-refractivity contribution is 0.0631. The lowest BCUT2D eigenvalue weighted by atomic mass is 10.0. The second-order valence-electron chi connectivity index (χ2n) is 7.66. The van der Waals surface area contributed by atoms with Crippen molar-refractivity contribution in [3.05, 3.63) is 102 Å². The van der Waals surface area contributed by atoms with Gasteiger partial charge in [-0.1, -0.05) is 12.1 Å². The second-order valence-corrected chi connectivity index (χ2v) is 7.66. The predicted octanol–water partition coefficient (Wildman–Crippen LogP) is 3.15. The van der Waals surface area contributed by atoms with Gasteiger partial charge in [0.1, 0.15) is 18.4 Å². The molecule has 0 bridgehead atoms. The molecule has 2 aromatic carbocycles. The van der Waals surface area contributed by atoms with Crippen molar-refractivity contribution in [2.45, 2.75) is 19.5 Å². The van der Waals surface area contributed by atoms with Crippen molar-refractivity contribution in [3.63, 3.8) is 0 Å². The van der Waals surface area contributed by atoms with Crippen LogP contribution in [0.5, 0.6) is 0 Å². The van der Waals surface area contributed by atoms with E-state index in [1.54, 1.807) is 29.2 Å². The summed E-state index contributed by atoms with van der Waals surface area (Å²) in [7, 11) is 0. The van der Waals surface area contributed by atoms with Crippen LogP contribution in [0.2, 0.25) is 0 Å². The summed E-state index contributed by atoms with van der Waals surface area (Å²) in [4.78, 5) is 43.3. The predicted molar refractivity (Wildman–Crippen MR) is 117 cm³/mol.